The second-order valence-electron chi connectivity index (χ2n) is 8.28. The van der Waals surface area contributed by atoms with Gasteiger partial charge >= 0.3 is 0 Å². The number of sulfonamides is 1. The van der Waals surface area contributed by atoms with Crippen LogP contribution >= 0.6 is 11.3 Å². The minimum atomic E-state index is -3.61. The van der Waals surface area contributed by atoms with Crippen molar-refractivity contribution in [1.29, 1.82) is 0 Å². The van der Waals surface area contributed by atoms with E-state index in [0.29, 0.717) is 28.3 Å². The SMILES string of the molecule is C=Cc1cnc(-c2ccc(S(=O)(=O)NC(C)(C)C)s2)nc1Nc1cc(C2CC2)[nH]n1. The molecule has 0 aliphatic heterocycles. The van der Waals surface area contributed by atoms with Gasteiger partial charge < -0.3 is 5.32 Å². The normalized spacial score (nSPS) is 14.6. The van der Waals surface area contributed by atoms with Gasteiger partial charge in [-0.05, 0) is 45.7 Å². The number of nitrogens with zero attached hydrogens (tertiary/aromatic N) is 3. The molecule has 3 heterocycles. The molecule has 158 valence electrons. The van der Waals surface area contributed by atoms with Gasteiger partial charge in [-0.2, -0.15) is 5.10 Å². The molecule has 1 aliphatic carbocycles. The maximum absolute atomic E-state index is 12.6. The molecule has 3 N–H and O–H groups in total. The van der Waals surface area contributed by atoms with Crippen LogP contribution in [0, 0.1) is 0 Å². The maximum Gasteiger partial charge on any atom is 0.250 e. The van der Waals surface area contributed by atoms with Gasteiger partial charge in [0.05, 0.1) is 4.88 Å². The highest BCUT2D eigenvalue weighted by molar-refractivity contribution is 7.91. The van der Waals surface area contributed by atoms with Crippen molar-refractivity contribution in [2.75, 3.05) is 5.32 Å². The van der Waals surface area contributed by atoms with Gasteiger partial charge in [-0.15, -0.1) is 11.3 Å². The van der Waals surface area contributed by atoms with Gasteiger partial charge in [0.25, 0.3) is 10.0 Å². The molecule has 0 atom stereocenters. The minimum absolute atomic E-state index is 0.222. The Hall–Kier alpha value is -2.56. The fraction of sp³-hybridized carbons (Fsp3) is 0.350. The summed E-state index contributed by atoms with van der Waals surface area (Å²) in [6, 6.07) is 5.27. The lowest BCUT2D eigenvalue weighted by molar-refractivity contribution is 0.492. The van der Waals surface area contributed by atoms with Gasteiger partial charge in [0.1, 0.15) is 10.0 Å². The lowest BCUT2D eigenvalue weighted by atomic mass is 10.1. The Morgan fingerprint density at radius 1 is 1.30 bits per heavy atom. The van der Waals surface area contributed by atoms with Gasteiger partial charge in [0.15, 0.2) is 11.6 Å². The summed E-state index contributed by atoms with van der Waals surface area (Å²) in [6.45, 7) is 9.23. The molecule has 8 nitrogen and oxygen atoms in total. The molecule has 0 unspecified atom stereocenters. The zero-order valence-corrected chi connectivity index (χ0v) is 18.7. The summed E-state index contributed by atoms with van der Waals surface area (Å²) < 4.78 is 28.1. The first-order valence-corrected chi connectivity index (χ1v) is 11.9. The summed E-state index contributed by atoms with van der Waals surface area (Å²) in [4.78, 5) is 9.63. The maximum atomic E-state index is 12.6. The molecule has 30 heavy (non-hydrogen) atoms. The summed E-state index contributed by atoms with van der Waals surface area (Å²) in [5.41, 5.74) is 1.28. The fourth-order valence-corrected chi connectivity index (χ4v) is 5.59. The molecule has 1 saturated carbocycles. The van der Waals surface area contributed by atoms with E-state index in [1.54, 1.807) is 45.2 Å². The van der Waals surface area contributed by atoms with Crippen molar-refractivity contribution in [3.8, 4) is 10.7 Å². The van der Waals surface area contributed by atoms with E-state index in [1.165, 1.54) is 12.8 Å². The van der Waals surface area contributed by atoms with Crippen LogP contribution in [0.4, 0.5) is 11.6 Å². The standard InChI is InChI=1S/C20H24N6O2S2/c1-5-12-11-21-19(15-8-9-17(29-15)30(27,28)26-20(2,3)4)23-18(12)22-16-10-14(24-25-16)13-6-7-13/h5,8-11,13,26H,1,6-7H2,2-4H3,(H2,21,22,23,24,25). The molecule has 10 heteroatoms. The first-order valence-electron chi connectivity index (χ1n) is 9.60. The molecule has 0 radical (unpaired) electrons. The van der Waals surface area contributed by atoms with Gasteiger partial charge in [-0.3, -0.25) is 5.10 Å². The van der Waals surface area contributed by atoms with E-state index in [4.69, 9.17) is 0 Å². The van der Waals surface area contributed by atoms with E-state index in [-0.39, 0.29) is 4.21 Å². The first kappa shape index (κ1) is 20.7. The minimum Gasteiger partial charge on any atom is -0.323 e. The molecule has 0 spiro atoms. The zero-order chi connectivity index (χ0) is 21.5. The number of aromatic nitrogens is 4. The molecule has 1 fully saturated rings. The van der Waals surface area contributed by atoms with E-state index >= 15 is 0 Å². The Morgan fingerprint density at radius 3 is 2.73 bits per heavy atom. The summed E-state index contributed by atoms with van der Waals surface area (Å²) in [6.07, 6.45) is 5.70. The average Bonchev–Trinajstić information content (AvgIpc) is 3.19. The van der Waals surface area contributed by atoms with Gasteiger partial charge in [0.2, 0.25) is 0 Å². The van der Waals surface area contributed by atoms with Crippen molar-refractivity contribution in [3.05, 3.63) is 42.2 Å². The largest absolute Gasteiger partial charge is 0.323 e. The predicted octanol–water partition coefficient (Wildman–Crippen LogP) is 4.27. The molecule has 4 rings (SSSR count). The van der Waals surface area contributed by atoms with Crippen LogP contribution in [0.3, 0.4) is 0 Å². The second-order valence-corrected chi connectivity index (χ2v) is 11.3. The summed E-state index contributed by atoms with van der Waals surface area (Å²) in [7, 11) is -3.61. The predicted molar refractivity (Wildman–Crippen MR) is 119 cm³/mol. The van der Waals surface area contributed by atoms with Crippen LogP contribution in [0.25, 0.3) is 16.8 Å². The molecule has 0 bridgehead atoms. The number of nitrogens with one attached hydrogen (secondary N) is 3. The third kappa shape index (κ3) is 4.61. The van der Waals surface area contributed by atoms with Crippen molar-refractivity contribution in [3.63, 3.8) is 0 Å². The monoisotopic (exact) mass is 444 g/mol. The Labute approximate surface area is 179 Å². The van der Waals surface area contributed by atoms with Crippen LogP contribution in [-0.2, 0) is 10.0 Å². The van der Waals surface area contributed by atoms with E-state index < -0.39 is 15.6 Å². The quantitative estimate of drug-likeness (QED) is 0.502. The van der Waals surface area contributed by atoms with E-state index in [0.717, 1.165) is 22.6 Å². The van der Waals surface area contributed by atoms with E-state index in [1.807, 2.05) is 6.07 Å². The molecule has 3 aromatic rings. The number of aromatic amines is 1. The lowest BCUT2D eigenvalue weighted by Crippen LogP contribution is -2.40. The van der Waals surface area contributed by atoms with Crippen LogP contribution in [0.5, 0.6) is 0 Å². The summed E-state index contributed by atoms with van der Waals surface area (Å²) in [5, 5.41) is 10.6. The third-order valence-electron chi connectivity index (χ3n) is 4.41. The number of thiophene rings is 1. The summed E-state index contributed by atoms with van der Waals surface area (Å²) >= 11 is 1.13. The van der Waals surface area contributed by atoms with Crippen molar-refractivity contribution < 1.29 is 8.42 Å². The van der Waals surface area contributed by atoms with E-state index in [9.17, 15) is 8.42 Å². The number of rotatable bonds is 7. The van der Waals surface area contributed by atoms with Gasteiger partial charge in [-0.25, -0.2) is 23.1 Å². The number of anilines is 2. The van der Waals surface area contributed by atoms with Gasteiger partial charge in [-0.1, -0.05) is 12.7 Å². The Morgan fingerprint density at radius 2 is 2.07 bits per heavy atom. The Balaban J connectivity index is 1.61. The smallest absolute Gasteiger partial charge is 0.250 e. The highest BCUT2D eigenvalue weighted by Crippen LogP contribution is 2.39. The van der Waals surface area contributed by atoms with Crippen LogP contribution in [-0.4, -0.2) is 34.1 Å². The zero-order valence-electron chi connectivity index (χ0n) is 17.1. The number of hydrogen-bond donors (Lipinski definition) is 3. The highest BCUT2D eigenvalue weighted by Gasteiger charge is 2.26. The van der Waals surface area contributed by atoms with Crippen LogP contribution < -0.4 is 10.0 Å². The highest BCUT2D eigenvalue weighted by atomic mass is 32.2. The molecular formula is C20H24N6O2S2. The molecule has 0 saturated heterocycles. The van der Waals surface area contributed by atoms with Gasteiger partial charge in [0, 0.05) is 35.0 Å². The molecule has 0 aromatic carbocycles. The molecule has 0 amide bonds. The number of H-pyrrole nitrogens is 1. The number of hydrogen-bond acceptors (Lipinski definition) is 7. The fourth-order valence-electron chi connectivity index (χ4n) is 2.92. The molecule has 1 aliphatic rings. The average molecular weight is 445 g/mol. The lowest BCUT2D eigenvalue weighted by Gasteiger charge is -2.19. The third-order valence-corrected chi connectivity index (χ3v) is 7.74. The van der Waals surface area contributed by atoms with Crippen molar-refractivity contribution in [1.82, 2.24) is 24.9 Å². The van der Waals surface area contributed by atoms with Crippen LogP contribution in [0.2, 0.25) is 0 Å². The second kappa shape index (κ2) is 7.60. The first-order chi connectivity index (χ1) is 14.1. The van der Waals surface area contributed by atoms with Crippen molar-refractivity contribution >= 4 is 39.1 Å². The van der Waals surface area contributed by atoms with Crippen molar-refractivity contribution in [2.45, 2.75) is 49.3 Å². The topological polar surface area (TPSA) is 113 Å². The molecule has 3 aromatic heterocycles. The molecular weight excluding hydrogens is 420 g/mol. The summed E-state index contributed by atoms with van der Waals surface area (Å²) in [5.74, 6) is 2.24. The Bertz CT molecular complexity index is 1190. The Kier molecular flexibility index (Phi) is 5.25. The van der Waals surface area contributed by atoms with Crippen molar-refractivity contribution in [2.24, 2.45) is 0 Å². The van der Waals surface area contributed by atoms with Crippen LogP contribution in [0.15, 0.2) is 35.2 Å². The van der Waals surface area contributed by atoms with Crippen LogP contribution in [0.1, 0.15) is 50.8 Å². The van der Waals surface area contributed by atoms with E-state index in [2.05, 4.69) is 36.8 Å².